The van der Waals surface area contributed by atoms with Crippen molar-refractivity contribution in [3.05, 3.63) is 71.0 Å². The molecule has 0 saturated heterocycles. The van der Waals surface area contributed by atoms with Gasteiger partial charge in [0, 0.05) is 18.4 Å². The van der Waals surface area contributed by atoms with Crippen LogP contribution in [0.2, 0.25) is 0 Å². The number of aliphatic carboxylic acids is 1. The quantitative estimate of drug-likeness (QED) is 0.890. The number of carboxylic acid groups (broad SMARTS) is 1. The number of nitrogens with zero attached hydrogens (tertiary/aromatic N) is 2. The third kappa shape index (κ3) is 3.79. The van der Waals surface area contributed by atoms with Crippen LogP contribution in [-0.4, -0.2) is 27.7 Å². The maximum Gasteiger partial charge on any atom is 0.303 e. The fraction of sp³-hybridized carbons (Fsp3) is 0.250. The molecule has 1 amide bonds. The summed E-state index contributed by atoms with van der Waals surface area (Å²) in [5, 5.41) is 14.5. The Bertz CT molecular complexity index is 862. The lowest BCUT2D eigenvalue weighted by molar-refractivity contribution is -0.141. The molecule has 0 saturated carbocycles. The molecule has 3 rings (SSSR count). The summed E-state index contributed by atoms with van der Waals surface area (Å²) in [6, 6.07) is 13.4. The second-order valence-electron chi connectivity index (χ2n) is 6.29. The molecule has 26 heavy (non-hydrogen) atoms. The molecule has 2 aromatic carbocycles. The van der Waals surface area contributed by atoms with Crippen LogP contribution in [0.3, 0.4) is 0 Å². The van der Waals surface area contributed by atoms with E-state index in [2.05, 4.69) is 5.10 Å². The second kappa shape index (κ2) is 7.47. The summed E-state index contributed by atoms with van der Waals surface area (Å²) in [5.74, 6) is -1.89. The number of carbonyl (C=O) groups excluding carboxylic acids is 1. The number of carbonyl (C=O) groups is 2. The number of amides is 1. The van der Waals surface area contributed by atoms with Crippen LogP contribution in [0, 0.1) is 12.7 Å². The first-order valence-corrected chi connectivity index (χ1v) is 8.38. The van der Waals surface area contributed by atoms with Crippen LogP contribution < -0.4 is 0 Å². The van der Waals surface area contributed by atoms with Crippen LogP contribution in [0.4, 0.5) is 4.39 Å². The van der Waals surface area contributed by atoms with Gasteiger partial charge in [0.15, 0.2) is 0 Å². The smallest absolute Gasteiger partial charge is 0.303 e. The highest BCUT2D eigenvalue weighted by atomic mass is 19.1. The van der Waals surface area contributed by atoms with Gasteiger partial charge < -0.3 is 5.11 Å². The Balaban J connectivity index is 1.93. The molecule has 5 nitrogen and oxygen atoms in total. The normalized spacial score (nSPS) is 16.5. The largest absolute Gasteiger partial charge is 0.481 e. The van der Waals surface area contributed by atoms with Crippen LogP contribution in [0.5, 0.6) is 0 Å². The Kier molecular flexibility index (Phi) is 5.11. The summed E-state index contributed by atoms with van der Waals surface area (Å²) in [6.45, 7) is 1.98. The van der Waals surface area contributed by atoms with E-state index in [4.69, 9.17) is 5.11 Å². The SMILES string of the molecule is Cc1ccc(C2=NN(C(=O)CCC(=O)O)[C@@H](c3ccccc3F)C2)cc1. The van der Waals surface area contributed by atoms with E-state index in [1.54, 1.807) is 18.2 Å². The minimum atomic E-state index is -1.05. The van der Waals surface area contributed by atoms with E-state index >= 15 is 0 Å². The number of hydrogen-bond donors (Lipinski definition) is 1. The van der Waals surface area contributed by atoms with E-state index in [0.717, 1.165) is 11.1 Å². The summed E-state index contributed by atoms with van der Waals surface area (Å²) in [5.41, 5.74) is 3.03. The van der Waals surface area contributed by atoms with E-state index < -0.39 is 23.7 Å². The van der Waals surface area contributed by atoms with Gasteiger partial charge in [-0.3, -0.25) is 9.59 Å². The van der Waals surface area contributed by atoms with Gasteiger partial charge in [0.1, 0.15) is 5.82 Å². The monoisotopic (exact) mass is 354 g/mol. The van der Waals surface area contributed by atoms with E-state index in [9.17, 15) is 14.0 Å². The van der Waals surface area contributed by atoms with Crippen LogP contribution in [-0.2, 0) is 9.59 Å². The molecular formula is C20H19FN2O3. The minimum absolute atomic E-state index is 0.176. The predicted octanol–water partition coefficient (Wildman–Crippen LogP) is 3.68. The van der Waals surface area contributed by atoms with Crippen molar-refractivity contribution in [2.75, 3.05) is 0 Å². The summed E-state index contributed by atoms with van der Waals surface area (Å²) in [6.07, 6.45) is -0.0809. The average Bonchev–Trinajstić information content (AvgIpc) is 3.06. The fourth-order valence-corrected chi connectivity index (χ4v) is 2.98. The topological polar surface area (TPSA) is 70.0 Å². The van der Waals surface area contributed by atoms with Gasteiger partial charge in [0.2, 0.25) is 5.91 Å². The van der Waals surface area contributed by atoms with E-state index in [1.807, 2.05) is 31.2 Å². The van der Waals surface area contributed by atoms with E-state index in [1.165, 1.54) is 11.1 Å². The zero-order chi connectivity index (χ0) is 18.7. The molecule has 0 unspecified atom stereocenters. The van der Waals surface area contributed by atoms with Crippen LogP contribution >= 0.6 is 0 Å². The van der Waals surface area contributed by atoms with E-state index in [0.29, 0.717) is 17.7 Å². The van der Waals surface area contributed by atoms with Gasteiger partial charge in [0.05, 0.1) is 18.2 Å². The Morgan fingerprint density at radius 1 is 1.15 bits per heavy atom. The van der Waals surface area contributed by atoms with Gasteiger partial charge in [-0.1, -0.05) is 48.0 Å². The molecule has 134 valence electrons. The molecule has 0 radical (unpaired) electrons. The maximum absolute atomic E-state index is 14.3. The molecular weight excluding hydrogens is 335 g/mol. The minimum Gasteiger partial charge on any atom is -0.481 e. The summed E-state index contributed by atoms with van der Waals surface area (Å²) < 4.78 is 14.3. The van der Waals surface area contributed by atoms with Gasteiger partial charge in [-0.25, -0.2) is 9.40 Å². The van der Waals surface area contributed by atoms with Crippen LogP contribution in [0.25, 0.3) is 0 Å². The highest BCUT2D eigenvalue weighted by molar-refractivity contribution is 6.03. The molecule has 2 aromatic rings. The Labute approximate surface area is 150 Å². The molecule has 0 fully saturated rings. The molecule has 1 atom stereocenters. The number of halogens is 1. The first kappa shape index (κ1) is 17.8. The zero-order valence-electron chi connectivity index (χ0n) is 14.4. The number of rotatable bonds is 5. The van der Waals surface area contributed by atoms with Crippen molar-refractivity contribution in [2.45, 2.75) is 32.2 Å². The van der Waals surface area contributed by atoms with E-state index in [-0.39, 0.29) is 12.8 Å². The lowest BCUT2D eigenvalue weighted by Crippen LogP contribution is -2.28. The summed E-state index contributed by atoms with van der Waals surface area (Å²) in [4.78, 5) is 23.3. The van der Waals surface area contributed by atoms with Gasteiger partial charge in [-0.2, -0.15) is 5.10 Å². The first-order chi connectivity index (χ1) is 12.5. The first-order valence-electron chi connectivity index (χ1n) is 8.38. The molecule has 0 bridgehead atoms. The molecule has 0 aliphatic carbocycles. The molecule has 6 heteroatoms. The Hall–Kier alpha value is -3.02. The lowest BCUT2D eigenvalue weighted by Gasteiger charge is -2.22. The second-order valence-corrected chi connectivity index (χ2v) is 6.29. The summed E-state index contributed by atoms with van der Waals surface area (Å²) >= 11 is 0. The zero-order valence-corrected chi connectivity index (χ0v) is 14.4. The molecule has 1 aliphatic rings. The average molecular weight is 354 g/mol. The molecule has 0 aromatic heterocycles. The van der Waals surface area contributed by atoms with Crippen molar-refractivity contribution in [1.82, 2.24) is 5.01 Å². The predicted molar refractivity (Wildman–Crippen MR) is 95.2 cm³/mol. The van der Waals surface area contributed by atoms with Gasteiger partial charge in [0.25, 0.3) is 0 Å². The third-order valence-corrected chi connectivity index (χ3v) is 4.37. The third-order valence-electron chi connectivity index (χ3n) is 4.37. The number of carboxylic acids is 1. The van der Waals surface area contributed by atoms with Gasteiger partial charge in [-0.15, -0.1) is 0 Å². The Morgan fingerprint density at radius 2 is 1.85 bits per heavy atom. The number of benzene rings is 2. The Morgan fingerprint density at radius 3 is 2.50 bits per heavy atom. The highest BCUT2D eigenvalue weighted by Crippen LogP contribution is 2.34. The standard InChI is InChI=1S/C20H19FN2O3/c1-13-6-8-14(9-7-13)17-12-18(15-4-2-3-5-16(15)21)23(22-17)19(24)10-11-20(25)26/h2-9,18H,10-12H2,1H3,(H,25,26)/t18-/m1/s1. The van der Waals surface area contributed by atoms with Crippen molar-refractivity contribution in [3.63, 3.8) is 0 Å². The molecule has 1 N–H and O–H groups in total. The number of hydrogen-bond acceptors (Lipinski definition) is 3. The lowest BCUT2D eigenvalue weighted by atomic mass is 9.97. The van der Waals surface area contributed by atoms with Crippen molar-refractivity contribution < 1.29 is 19.1 Å². The van der Waals surface area contributed by atoms with Crippen LogP contribution in [0.1, 0.15) is 42.0 Å². The molecule has 1 aliphatic heterocycles. The van der Waals surface area contributed by atoms with Crippen molar-refractivity contribution in [2.24, 2.45) is 5.10 Å². The molecule has 1 heterocycles. The van der Waals surface area contributed by atoms with Crippen molar-refractivity contribution in [1.29, 1.82) is 0 Å². The summed E-state index contributed by atoms with van der Waals surface area (Å²) in [7, 11) is 0. The highest BCUT2D eigenvalue weighted by Gasteiger charge is 2.34. The number of aryl methyl sites for hydroxylation is 1. The fourth-order valence-electron chi connectivity index (χ4n) is 2.98. The van der Waals surface area contributed by atoms with Crippen LogP contribution in [0.15, 0.2) is 53.6 Å². The van der Waals surface area contributed by atoms with Crippen molar-refractivity contribution >= 4 is 17.6 Å². The van der Waals surface area contributed by atoms with Gasteiger partial charge in [-0.05, 0) is 18.6 Å². The molecule has 0 spiro atoms. The maximum atomic E-state index is 14.3. The van der Waals surface area contributed by atoms with Crippen molar-refractivity contribution in [3.8, 4) is 0 Å². The number of hydrazone groups is 1. The van der Waals surface area contributed by atoms with Gasteiger partial charge >= 0.3 is 5.97 Å².